The van der Waals surface area contributed by atoms with Crippen molar-refractivity contribution in [3.05, 3.63) is 81.1 Å². The summed E-state index contributed by atoms with van der Waals surface area (Å²) in [6.45, 7) is 10.3. The molecule has 200 valence electrons. The largest absolute Gasteiger partial charge is 0.352 e. The first-order chi connectivity index (χ1) is 17.9. The van der Waals surface area contributed by atoms with Crippen LogP contribution in [0.15, 0.2) is 48.5 Å². The summed E-state index contributed by atoms with van der Waals surface area (Å²) in [5.74, 6) is -1.51. The van der Waals surface area contributed by atoms with Crippen molar-refractivity contribution in [3.8, 4) is 0 Å². The number of para-hydroxylation sites is 1. The highest BCUT2D eigenvalue weighted by Crippen LogP contribution is 2.33. The Kier molecular flexibility index (Phi) is 7.97. The molecule has 0 radical (unpaired) electrons. The molecule has 38 heavy (non-hydrogen) atoms. The molecule has 1 aliphatic rings. The maximum absolute atomic E-state index is 14.2. The summed E-state index contributed by atoms with van der Waals surface area (Å²) in [7, 11) is 0. The minimum atomic E-state index is -1.04. The van der Waals surface area contributed by atoms with Crippen LogP contribution in [-0.2, 0) is 22.7 Å². The van der Waals surface area contributed by atoms with Gasteiger partial charge >= 0.3 is 0 Å². The predicted octanol–water partition coefficient (Wildman–Crippen LogP) is 5.01. The van der Waals surface area contributed by atoms with E-state index in [9.17, 15) is 18.8 Å². The van der Waals surface area contributed by atoms with Gasteiger partial charge in [0.2, 0.25) is 11.8 Å². The van der Waals surface area contributed by atoms with Crippen LogP contribution in [0.2, 0.25) is 0 Å². The number of benzene rings is 2. The molecule has 1 N–H and O–H groups in total. The molecule has 2 heterocycles. The lowest BCUT2D eigenvalue weighted by Gasteiger charge is -2.33. The number of anilines is 1. The first kappa shape index (κ1) is 27.4. The average molecular weight is 537 g/mol. The number of halogens is 1. The van der Waals surface area contributed by atoms with Crippen molar-refractivity contribution in [1.29, 1.82) is 0 Å². The van der Waals surface area contributed by atoms with Crippen LogP contribution in [0.3, 0.4) is 0 Å². The van der Waals surface area contributed by atoms with E-state index in [0.29, 0.717) is 22.7 Å². The molecule has 2 aromatic carbocycles. The van der Waals surface area contributed by atoms with Crippen LogP contribution >= 0.6 is 11.3 Å². The Morgan fingerprint density at radius 3 is 2.45 bits per heavy atom. The van der Waals surface area contributed by atoms with Gasteiger partial charge in [-0.3, -0.25) is 14.4 Å². The van der Waals surface area contributed by atoms with Gasteiger partial charge in [0.15, 0.2) is 0 Å². The van der Waals surface area contributed by atoms with Gasteiger partial charge in [0, 0.05) is 30.9 Å². The summed E-state index contributed by atoms with van der Waals surface area (Å²) < 4.78 is 14.1. The number of aryl methyl sites for hydroxylation is 2. The third-order valence-corrected chi connectivity index (χ3v) is 7.41. The monoisotopic (exact) mass is 536 g/mol. The lowest BCUT2D eigenvalue weighted by atomic mass is 9.95. The van der Waals surface area contributed by atoms with Crippen molar-refractivity contribution in [1.82, 2.24) is 15.2 Å². The van der Waals surface area contributed by atoms with Gasteiger partial charge in [0.25, 0.3) is 5.91 Å². The lowest BCUT2D eigenvalue weighted by Crippen LogP contribution is -2.52. The lowest BCUT2D eigenvalue weighted by molar-refractivity contribution is -0.129. The second kappa shape index (κ2) is 11.0. The van der Waals surface area contributed by atoms with E-state index in [2.05, 4.69) is 10.3 Å². The normalized spacial score (nSPS) is 15.7. The Labute approximate surface area is 226 Å². The summed E-state index contributed by atoms with van der Waals surface area (Å²) >= 11 is 1.28. The Balaban J connectivity index is 1.70. The Morgan fingerprint density at radius 1 is 1.11 bits per heavy atom. The van der Waals surface area contributed by atoms with E-state index in [1.165, 1.54) is 22.3 Å². The number of hydrogen-bond donors (Lipinski definition) is 1. The highest BCUT2D eigenvalue weighted by atomic mass is 32.1. The van der Waals surface area contributed by atoms with Crippen molar-refractivity contribution in [2.24, 2.45) is 5.41 Å². The zero-order valence-electron chi connectivity index (χ0n) is 22.4. The number of fused-ring (bicyclic) bond motifs is 1. The van der Waals surface area contributed by atoms with Crippen molar-refractivity contribution < 1.29 is 18.8 Å². The van der Waals surface area contributed by atoms with Crippen LogP contribution in [0.25, 0.3) is 0 Å². The minimum Gasteiger partial charge on any atom is -0.352 e. The zero-order chi connectivity index (χ0) is 27.6. The molecule has 0 fully saturated rings. The second-order valence-electron chi connectivity index (χ2n) is 10.8. The molecular weight excluding hydrogens is 503 g/mol. The Morgan fingerprint density at radius 2 is 1.79 bits per heavy atom. The molecule has 1 atom stereocenters. The summed E-state index contributed by atoms with van der Waals surface area (Å²) in [6, 6.07) is 12.7. The van der Waals surface area contributed by atoms with E-state index in [1.54, 1.807) is 30.0 Å². The molecule has 0 bridgehead atoms. The topological polar surface area (TPSA) is 82.6 Å². The summed E-state index contributed by atoms with van der Waals surface area (Å²) in [5.41, 5.74) is 2.27. The molecular formula is C29H33FN4O3S. The summed E-state index contributed by atoms with van der Waals surface area (Å²) in [6.07, 6.45) is -0.246. The average Bonchev–Trinajstić information content (AvgIpc) is 3.15. The molecule has 1 unspecified atom stereocenters. The quantitative estimate of drug-likeness (QED) is 0.480. The number of rotatable bonds is 6. The maximum atomic E-state index is 14.2. The first-order valence-corrected chi connectivity index (χ1v) is 13.4. The molecule has 3 aromatic rings. The Hall–Kier alpha value is -3.59. The van der Waals surface area contributed by atoms with Crippen LogP contribution in [0.1, 0.15) is 58.7 Å². The van der Waals surface area contributed by atoms with Crippen molar-refractivity contribution >= 4 is 34.7 Å². The number of aromatic nitrogens is 1. The molecule has 9 heteroatoms. The fraction of sp³-hybridized carbons (Fsp3) is 0.379. The number of amides is 3. The van der Waals surface area contributed by atoms with Gasteiger partial charge in [0.05, 0.1) is 17.1 Å². The first-order valence-electron chi connectivity index (χ1n) is 12.6. The second-order valence-corrected chi connectivity index (χ2v) is 12.0. The number of hydrogen-bond acceptors (Lipinski definition) is 5. The van der Waals surface area contributed by atoms with Gasteiger partial charge in [0.1, 0.15) is 16.7 Å². The van der Waals surface area contributed by atoms with Crippen LogP contribution in [0, 0.1) is 25.1 Å². The standard InChI is InChI=1S/C29H33FN4O3S/c1-18-26(38-19(2)32-18)28(37)33-16-21-11-7-9-13-23(21)34(17-29(3,4)5)27(36)24(33)14-25(35)31-15-20-10-6-8-12-22(20)30/h6-13,24H,14-17H2,1-5H3,(H,31,35). The molecule has 7 nitrogen and oxygen atoms in total. The van der Waals surface area contributed by atoms with E-state index in [0.717, 1.165) is 16.3 Å². The smallest absolute Gasteiger partial charge is 0.266 e. The number of carbonyl (C=O) groups excluding carboxylic acids is 3. The maximum Gasteiger partial charge on any atom is 0.266 e. The van der Waals surface area contributed by atoms with Gasteiger partial charge in [-0.1, -0.05) is 57.2 Å². The van der Waals surface area contributed by atoms with E-state index in [-0.39, 0.29) is 36.7 Å². The van der Waals surface area contributed by atoms with Gasteiger partial charge < -0.3 is 15.1 Å². The third kappa shape index (κ3) is 6.10. The predicted molar refractivity (Wildman–Crippen MR) is 146 cm³/mol. The van der Waals surface area contributed by atoms with Crippen LogP contribution in [0.4, 0.5) is 10.1 Å². The molecule has 0 aliphatic carbocycles. The number of thiazole rings is 1. The van der Waals surface area contributed by atoms with Gasteiger partial charge in [-0.05, 0) is 37.0 Å². The van der Waals surface area contributed by atoms with E-state index < -0.39 is 17.8 Å². The third-order valence-electron chi connectivity index (χ3n) is 6.35. The summed E-state index contributed by atoms with van der Waals surface area (Å²) in [5, 5.41) is 3.48. The van der Waals surface area contributed by atoms with Gasteiger partial charge in [-0.15, -0.1) is 11.3 Å². The van der Waals surface area contributed by atoms with Crippen molar-refractivity contribution in [2.45, 2.75) is 60.2 Å². The fourth-order valence-corrected chi connectivity index (χ4v) is 5.50. The highest BCUT2D eigenvalue weighted by Gasteiger charge is 2.41. The van der Waals surface area contributed by atoms with Gasteiger partial charge in [-0.25, -0.2) is 9.37 Å². The molecule has 3 amide bonds. The number of nitrogens with zero attached hydrogens (tertiary/aromatic N) is 3. The molecule has 4 rings (SSSR count). The SMILES string of the molecule is Cc1nc(C)c(C(=O)N2Cc3ccccc3N(CC(C)(C)C)C(=O)C2CC(=O)NCc2ccccc2F)s1. The fourth-order valence-electron chi connectivity index (χ4n) is 4.63. The molecule has 0 saturated heterocycles. The van der Waals surface area contributed by atoms with Crippen molar-refractivity contribution in [3.63, 3.8) is 0 Å². The van der Waals surface area contributed by atoms with Gasteiger partial charge in [-0.2, -0.15) is 0 Å². The van der Waals surface area contributed by atoms with Crippen LogP contribution < -0.4 is 10.2 Å². The molecule has 1 aromatic heterocycles. The van der Waals surface area contributed by atoms with Crippen LogP contribution in [0.5, 0.6) is 0 Å². The number of nitrogens with one attached hydrogen (secondary N) is 1. The van der Waals surface area contributed by atoms with E-state index in [4.69, 9.17) is 0 Å². The van der Waals surface area contributed by atoms with Crippen LogP contribution in [-0.4, -0.2) is 40.2 Å². The van der Waals surface area contributed by atoms with E-state index >= 15 is 0 Å². The van der Waals surface area contributed by atoms with Crippen molar-refractivity contribution in [2.75, 3.05) is 11.4 Å². The molecule has 0 saturated carbocycles. The Bertz CT molecular complexity index is 1360. The highest BCUT2D eigenvalue weighted by molar-refractivity contribution is 7.13. The zero-order valence-corrected chi connectivity index (χ0v) is 23.2. The molecule has 1 aliphatic heterocycles. The van der Waals surface area contributed by atoms with E-state index in [1.807, 2.05) is 52.0 Å². The molecule has 0 spiro atoms. The summed E-state index contributed by atoms with van der Waals surface area (Å²) in [4.78, 5) is 49.2. The minimum absolute atomic E-state index is 0.0144. The number of carbonyl (C=O) groups is 3.